The highest BCUT2D eigenvalue weighted by molar-refractivity contribution is 6.17. The highest BCUT2D eigenvalue weighted by Gasteiger charge is 2.27. The Labute approximate surface area is 349 Å². The lowest BCUT2D eigenvalue weighted by atomic mass is 9.99. The molecular weight excluding hydrogens is 807 g/mol. The Hall–Kier alpha value is -4.72. The van der Waals surface area contributed by atoms with Crippen LogP contribution in [-0.4, -0.2) is 14.5 Å². The number of fused-ring (bicyclic) bond motifs is 2. The van der Waals surface area contributed by atoms with Gasteiger partial charge in [0.05, 0.1) is 23.6 Å². The maximum atomic E-state index is 5.58. The quantitative estimate of drug-likeness (QED) is 0.105. The van der Waals surface area contributed by atoms with Gasteiger partial charge < -0.3 is 29.0 Å². The van der Waals surface area contributed by atoms with Crippen molar-refractivity contribution in [3.63, 3.8) is 0 Å². The summed E-state index contributed by atoms with van der Waals surface area (Å²) in [6, 6.07) is 42.9. The number of imidazole rings is 2. The number of para-hydroxylation sites is 4. The van der Waals surface area contributed by atoms with Crippen LogP contribution in [0.15, 0.2) is 121 Å². The van der Waals surface area contributed by atoms with Crippen LogP contribution in [0, 0.1) is 55.4 Å². The first-order valence-corrected chi connectivity index (χ1v) is 19.2. The van der Waals surface area contributed by atoms with Crippen LogP contribution in [0.3, 0.4) is 0 Å². The van der Waals surface area contributed by atoms with Crippen molar-refractivity contribution in [2.75, 3.05) is 0 Å². The first kappa shape index (κ1) is 41.4. The first-order chi connectivity index (χ1) is 25.9. The molecule has 0 fully saturated rings. The van der Waals surface area contributed by atoms with E-state index in [-0.39, 0.29) is 24.0 Å². The number of aromatic nitrogens is 4. The van der Waals surface area contributed by atoms with Crippen LogP contribution < -0.4 is 28.5 Å². The van der Waals surface area contributed by atoms with Crippen molar-refractivity contribution in [3.8, 4) is 22.8 Å². The number of hydrogen-bond acceptors (Lipinski definition) is 1. The van der Waals surface area contributed by atoms with Crippen LogP contribution in [-0.2, 0) is 19.5 Å². The van der Waals surface area contributed by atoms with E-state index in [9.17, 15) is 0 Å². The Morgan fingerprint density at radius 1 is 0.582 bits per heavy atom. The van der Waals surface area contributed by atoms with Crippen molar-refractivity contribution < 1.29 is 28.5 Å². The molecule has 6 heteroatoms. The molecule has 0 saturated carbocycles. The molecule has 55 heavy (non-hydrogen) atoms. The molecule has 2 heterocycles. The molecule has 0 bridgehead atoms. The number of H-pyrrole nitrogens is 1. The number of benzene rings is 6. The Kier molecular flexibility index (Phi) is 13.8. The normalized spacial score (nSPS) is 10.7. The number of alkyl halides is 1. The van der Waals surface area contributed by atoms with Gasteiger partial charge in [0.2, 0.25) is 0 Å². The molecule has 1 N–H and O–H groups in total. The van der Waals surface area contributed by atoms with Crippen LogP contribution in [0.1, 0.15) is 55.6 Å². The lowest BCUT2D eigenvalue weighted by Crippen LogP contribution is -3.00. The van der Waals surface area contributed by atoms with E-state index in [4.69, 9.17) is 11.6 Å². The van der Waals surface area contributed by atoms with E-state index in [1.165, 1.54) is 83.6 Å². The van der Waals surface area contributed by atoms with Crippen LogP contribution in [0.5, 0.6) is 0 Å². The van der Waals surface area contributed by atoms with E-state index >= 15 is 0 Å². The smallest absolute Gasteiger partial charge is 0.290 e. The van der Waals surface area contributed by atoms with Gasteiger partial charge in [0.15, 0.2) is 11.0 Å². The van der Waals surface area contributed by atoms with Gasteiger partial charge in [-0.2, -0.15) is 0 Å². The predicted molar refractivity (Wildman–Crippen MR) is 230 cm³/mol. The van der Waals surface area contributed by atoms with Crippen LogP contribution in [0.4, 0.5) is 0 Å². The minimum absolute atomic E-state index is 0. The number of rotatable bonds is 5. The molecule has 0 aliphatic rings. The van der Waals surface area contributed by atoms with Gasteiger partial charge in [-0.05, 0) is 113 Å². The van der Waals surface area contributed by atoms with Crippen molar-refractivity contribution in [2.45, 2.75) is 67.8 Å². The standard InChI is InChI=1S/C25H27N2.C16H16N2.C8H9Cl.HI/c1-17-10-12-21(13-11-17)16-27-23-9-7-6-8-22(23)26(5)25(27)24-19(3)14-18(2)15-20(24)4;1-10-8-11(2)15(12(3)9-10)16-17-13-6-4-5-7-14(13)18-16;1-7-2-4-8(6-9)5-3-7;/h6-15H,16H2,1-5H3;4-9H,1-3H3,(H,17,18);2-5H,6H2,1H3;1H/q+1;;;/p-1. The van der Waals surface area contributed by atoms with Crippen molar-refractivity contribution >= 4 is 33.7 Å². The van der Waals surface area contributed by atoms with Gasteiger partial charge in [-0.3, -0.25) is 0 Å². The average molecular weight is 859 g/mol. The molecule has 8 rings (SSSR count). The van der Waals surface area contributed by atoms with Gasteiger partial charge in [-0.1, -0.05) is 119 Å². The van der Waals surface area contributed by atoms with Gasteiger partial charge in [-0.25, -0.2) is 14.1 Å². The maximum absolute atomic E-state index is 5.58. The summed E-state index contributed by atoms with van der Waals surface area (Å²) >= 11 is 5.58. The van der Waals surface area contributed by atoms with Gasteiger partial charge in [0, 0.05) is 11.4 Å². The minimum Gasteiger partial charge on any atom is -1.00 e. The SMILES string of the molecule is Cc1cc(C)c(-c2nc3ccccc3[nH]2)c(C)c1.Cc1ccc(CCl)cc1.Cc1ccc(Cn2c(-c3c(C)cc(C)cc3C)[n+](C)c3ccccc32)cc1.[I-]. The fraction of sp³-hybridized carbons (Fsp3) is 0.224. The Balaban J connectivity index is 0.000000178. The molecule has 0 saturated heterocycles. The Morgan fingerprint density at radius 3 is 1.62 bits per heavy atom. The second-order valence-corrected chi connectivity index (χ2v) is 15.0. The predicted octanol–water partition coefficient (Wildman–Crippen LogP) is 9.31. The number of aryl methyl sites for hydroxylation is 9. The van der Waals surface area contributed by atoms with E-state index in [0.717, 1.165) is 23.4 Å². The van der Waals surface area contributed by atoms with Crippen LogP contribution in [0.25, 0.3) is 44.8 Å². The summed E-state index contributed by atoms with van der Waals surface area (Å²) in [4.78, 5) is 8.08. The Bertz CT molecular complexity index is 2460. The first-order valence-electron chi connectivity index (χ1n) is 18.7. The Morgan fingerprint density at radius 2 is 1.07 bits per heavy atom. The summed E-state index contributed by atoms with van der Waals surface area (Å²) in [5, 5.41) is 0. The monoisotopic (exact) mass is 858 g/mol. The lowest BCUT2D eigenvalue weighted by Gasteiger charge is -2.11. The molecule has 0 atom stereocenters. The molecule has 4 nitrogen and oxygen atoms in total. The van der Waals surface area contributed by atoms with Gasteiger partial charge in [0.1, 0.15) is 12.4 Å². The summed E-state index contributed by atoms with van der Waals surface area (Å²) in [5.41, 5.74) is 20.1. The van der Waals surface area contributed by atoms with Gasteiger partial charge >= 0.3 is 0 Å². The molecule has 8 aromatic rings. The molecule has 0 aliphatic carbocycles. The summed E-state index contributed by atoms with van der Waals surface area (Å²) in [6.07, 6.45) is 0. The summed E-state index contributed by atoms with van der Waals surface area (Å²) in [6.45, 7) is 18.1. The molecule has 0 spiro atoms. The minimum atomic E-state index is 0. The number of nitrogens with zero attached hydrogens (tertiary/aromatic N) is 3. The molecule has 0 amide bonds. The topological polar surface area (TPSA) is 37.5 Å². The third-order valence-corrected chi connectivity index (χ3v) is 10.4. The summed E-state index contributed by atoms with van der Waals surface area (Å²) < 4.78 is 4.80. The summed E-state index contributed by atoms with van der Waals surface area (Å²) in [5.74, 6) is 2.85. The highest BCUT2D eigenvalue weighted by Crippen LogP contribution is 2.31. The second kappa shape index (κ2) is 18.3. The van der Waals surface area contributed by atoms with Gasteiger partial charge in [-0.15, -0.1) is 11.6 Å². The zero-order valence-corrected chi connectivity index (χ0v) is 36.5. The molecule has 282 valence electrons. The highest BCUT2D eigenvalue weighted by atomic mass is 127. The number of nitrogens with one attached hydrogen (secondary N) is 1. The van der Waals surface area contributed by atoms with Crippen molar-refractivity contribution in [2.24, 2.45) is 7.05 Å². The molecule has 6 aromatic carbocycles. The maximum Gasteiger partial charge on any atom is 0.290 e. The molecule has 0 unspecified atom stereocenters. The van der Waals surface area contributed by atoms with E-state index in [1.54, 1.807) is 0 Å². The van der Waals surface area contributed by atoms with Crippen molar-refractivity contribution in [1.29, 1.82) is 0 Å². The number of aromatic amines is 1. The van der Waals surface area contributed by atoms with Gasteiger partial charge in [0.25, 0.3) is 5.82 Å². The van der Waals surface area contributed by atoms with Crippen LogP contribution in [0.2, 0.25) is 0 Å². The number of halogens is 2. The van der Waals surface area contributed by atoms with Crippen LogP contribution >= 0.6 is 11.6 Å². The lowest BCUT2D eigenvalue weighted by molar-refractivity contribution is -0.634. The molecule has 2 aromatic heterocycles. The van der Waals surface area contributed by atoms with E-state index in [2.05, 4.69) is 173 Å². The molecule has 0 radical (unpaired) electrons. The van der Waals surface area contributed by atoms with Crippen molar-refractivity contribution in [1.82, 2.24) is 14.5 Å². The third kappa shape index (κ3) is 9.57. The second-order valence-electron chi connectivity index (χ2n) is 14.7. The van der Waals surface area contributed by atoms with E-state index < -0.39 is 0 Å². The largest absolute Gasteiger partial charge is 1.00 e. The summed E-state index contributed by atoms with van der Waals surface area (Å²) in [7, 11) is 2.18. The van der Waals surface area contributed by atoms with Crippen molar-refractivity contribution in [3.05, 3.63) is 177 Å². The molecule has 0 aliphatic heterocycles. The average Bonchev–Trinajstić information content (AvgIpc) is 3.68. The zero-order valence-electron chi connectivity index (χ0n) is 33.6. The fourth-order valence-electron chi connectivity index (χ4n) is 7.56. The molecular formula is C49H52ClIN4. The zero-order chi connectivity index (χ0) is 38.5. The number of hydrogen-bond donors (Lipinski definition) is 1. The van der Waals surface area contributed by atoms with E-state index in [0.29, 0.717) is 5.88 Å². The third-order valence-electron chi connectivity index (χ3n) is 10.0. The van der Waals surface area contributed by atoms with E-state index in [1.807, 2.05) is 30.3 Å². The fourth-order valence-corrected chi connectivity index (χ4v) is 7.74.